The molecule has 1 heterocycles. The Morgan fingerprint density at radius 1 is 1.11 bits per heavy atom. The van der Waals surface area contributed by atoms with Gasteiger partial charge >= 0.3 is 0 Å². The lowest BCUT2D eigenvalue weighted by Crippen LogP contribution is -2.35. The standard InChI is InChI=1S/C7H13NO/c1-2-4-7(3-1)5-6-9-8-7/h8H,1-6H2. The van der Waals surface area contributed by atoms with Crippen LogP contribution in [0.2, 0.25) is 0 Å². The predicted molar refractivity (Wildman–Crippen MR) is 34.9 cm³/mol. The summed E-state index contributed by atoms with van der Waals surface area (Å²) in [5.74, 6) is 0. The third-order valence-electron chi connectivity index (χ3n) is 2.53. The molecular weight excluding hydrogens is 114 g/mol. The van der Waals surface area contributed by atoms with Crippen LogP contribution in [0.5, 0.6) is 0 Å². The molecule has 2 aliphatic rings. The summed E-state index contributed by atoms with van der Waals surface area (Å²) in [5.41, 5.74) is 3.55. The lowest BCUT2D eigenvalue weighted by Gasteiger charge is -2.19. The van der Waals surface area contributed by atoms with Crippen LogP contribution >= 0.6 is 0 Å². The number of rotatable bonds is 0. The molecule has 0 atom stereocenters. The van der Waals surface area contributed by atoms with Crippen LogP contribution in [0.3, 0.4) is 0 Å². The molecule has 2 nitrogen and oxygen atoms in total. The average Bonchev–Trinajstić information content (AvgIpc) is 2.45. The van der Waals surface area contributed by atoms with E-state index in [1.54, 1.807) is 0 Å². The van der Waals surface area contributed by atoms with Gasteiger partial charge in [0.15, 0.2) is 0 Å². The highest BCUT2D eigenvalue weighted by molar-refractivity contribution is 4.92. The maximum absolute atomic E-state index is 5.13. The van der Waals surface area contributed by atoms with E-state index in [0.717, 1.165) is 6.61 Å². The molecule has 1 saturated carbocycles. The molecule has 0 bridgehead atoms. The maximum Gasteiger partial charge on any atom is 0.0700 e. The molecule has 52 valence electrons. The third kappa shape index (κ3) is 0.864. The van der Waals surface area contributed by atoms with Crippen molar-refractivity contribution in [1.82, 2.24) is 5.48 Å². The zero-order valence-electron chi connectivity index (χ0n) is 5.65. The maximum atomic E-state index is 5.13. The molecule has 2 heteroatoms. The monoisotopic (exact) mass is 127 g/mol. The van der Waals surface area contributed by atoms with Gasteiger partial charge in [0.2, 0.25) is 0 Å². The van der Waals surface area contributed by atoms with Crippen molar-refractivity contribution in [2.75, 3.05) is 6.61 Å². The van der Waals surface area contributed by atoms with Crippen molar-refractivity contribution in [1.29, 1.82) is 0 Å². The Hall–Kier alpha value is -0.0800. The number of nitrogens with one attached hydrogen (secondary N) is 1. The SMILES string of the molecule is C1CCC2(C1)CCON2. The van der Waals surface area contributed by atoms with Gasteiger partial charge in [-0.05, 0) is 19.3 Å². The van der Waals surface area contributed by atoms with E-state index in [2.05, 4.69) is 5.48 Å². The van der Waals surface area contributed by atoms with Crippen molar-refractivity contribution >= 4 is 0 Å². The van der Waals surface area contributed by atoms with Gasteiger partial charge in [0.05, 0.1) is 6.61 Å². The van der Waals surface area contributed by atoms with Crippen molar-refractivity contribution < 1.29 is 4.84 Å². The molecule has 2 fully saturated rings. The van der Waals surface area contributed by atoms with Gasteiger partial charge in [-0.15, -0.1) is 0 Å². The Balaban J connectivity index is 2.04. The minimum Gasteiger partial charge on any atom is -0.301 e. The van der Waals surface area contributed by atoms with Crippen molar-refractivity contribution in [3.05, 3.63) is 0 Å². The van der Waals surface area contributed by atoms with Gasteiger partial charge in [-0.2, -0.15) is 5.48 Å². The van der Waals surface area contributed by atoms with Gasteiger partial charge in [0, 0.05) is 5.54 Å². The first-order chi connectivity index (χ1) is 4.41. The summed E-state index contributed by atoms with van der Waals surface area (Å²) >= 11 is 0. The van der Waals surface area contributed by atoms with Gasteiger partial charge in [-0.1, -0.05) is 12.8 Å². The van der Waals surface area contributed by atoms with E-state index < -0.39 is 0 Å². The Morgan fingerprint density at radius 2 is 1.89 bits per heavy atom. The highest BCUT2D eigenvalue weighted by atomic mass is 16.7. The molecular formula is C7H13NO. The second-order valence-corrected chi connectivity index (χ2v) is 3.19. The van der Waals surface area contributed by atoms with E-state index >= 15 is 0 Å². The summed E-state index contributed by atoms with van der Waals surface area (Å²) in [4.78, 5) is 5.13. The average molecular weight is 127 g/mol. The van der Waals surface area contributed by atoms with E-state index in [1.165, 1.54) is 32.1 Å². The first-order valence-electron chi connectivity index (χ1n) is 3.80. The summed E-state index contributed by atoms with van der Waals surface area (Å²) in [6.45, 7) is 0.917. The quantitative estimate of drug-likeness (QED) is 0.528. The highest BCUT2D eigenvalue weighted by Crippen LogP contribution is 2.34. The Kier molecular flexibility index (Phi) is 1.24. The van der Waals surface area contributed by atoms with Crippen LogP contribution in [0.15, 0.2) is 0 Å². The fourth-order valence-corrected chi connectivity index (χ4v) is 1.91. The fourth-order valence-electron chi connectivity index (χ4n) is 1.91. The molecule has 1 N–H and O–H groups in total. The first-order valence-corrected chi connectivity index (χ1v) is 3.80. The number of hydrogen-bond donors (Lipinski definition) is 1. The second kappa shape index (κ2) is 1.96. The minimum absolute atomic E-state index is 0.417. The summed E-state index contributed by atoms with van der Waals surface area (Å²) in [6, 6.07) is 0. The van der Waals surface area contributed by atoms with E-state index in [0.29, 0.717) is 5.54 Å². The topological polar surface area (TPSA) is 21.3 Å². The molecule has 0 amide bonds. The van der Waals surface area contributed by atoms with E-state index in [4.69, 9.17) is 4.84 Å². The number of hydroxylamine groups is 1. The van der Waals surface area contributed by atoms with E-state index in [-0.39, 0.29) is 0 Å². The van der Waals surface area contributed by atoms with Gasteiger partial charge in [-0.3, -0.25) is 0 Å². The summed E-state index contributed by atoms with van der Waals surface area (Å²) in [7, 11) is 0. The minimum atomic E-state index is 0.417. The Bertz CT molecular complexity index is 84.0. The smallest absolute Gasteiger partial charge is 0.0700 e. The molecule has 0 aromatic carbocycles. The van der Waals surface area contributed by atoms with Gasteiger partial charge in [0.25, 0.3) is 0 Å². The fraction of sp³-hybridized carbons (Fsp3) is 1.00. The van der Waals surface area contributed by atoms with Crippen LogP contribution in [0.25, 0.3) is 0 Å². The second-order valence-electron chi connectivity index (χ2n) is 3.19. The number of hydrogen-bond acceptors (Lipinski definition) is 2. The van der Waals surface area contributed by atoms with Crippen LogP contribution < -0.4 is 5.48 Å². The molecule has 0 aromatic rings. The zero-order valence-corrected chi connectivity index (χ0v) is 5.65. The van der Waals surface area contributed by atoms with Crippen LogP contribution in [0.4, 0.5) is 0 Å². The summed E-state index contributed by atoms with van der Waals surface area (Å²) < 4.78 is 0. The molecule has 2 rings (SSSR count). The molecule has 0 aromatic heterocycles. The molecule has 1 aliphatic heterocycles. The van der Waals surface area contributed by atoms with Gasteiger partial charge in [-0.25, -0.2) is 0 Å². The van der Waals surface area contributed by atoms with E-state index in [1.807, 2.05) is 0 Å². The predicted octanol–water partition coefficient (Wildman–Crippen LogP) is 1.22. The molecule has 1 aliphatic carbocycles. The largest absolute Gasteiger partial charge is 0.301 e. The van der Waals surface area contributed by atoms with Crippen LogP contribution in [0.1, 0.15) is 32.1 Å². The summed E-state index contributed by atoms with van der Waals surface area (Å²) in [5, 5.41) is 0. The Labute approximate surface area is 55.5 Å². The van der Waals surface area contributed by atoms with Crippen molar-refractivity contribution in [2.24, 2.45) is 0 Å². The van der Waals surface area contributed by atoms with E-state index in [9.17, 15) is 0 Å². The van der Waals surface area contributed by atoms with Crippen LogP contribution in [-0.2, 0) is 4.84 Å². The highest BCUT2D eigenvalue weighted by Gasteiger charge is 2.37. The van der Waals surface area contributed by atoms with Crippen molar-refractivity contribution in [3.63, 3.8) is 0 Å². The normalized spacial score (nSPS) is 32.0. The lowest BCUT2D eigenvalue weighted by molar-refractivity contribution is 0.0628. The first kappa shape index (κ1) is 5.69. The lowest BCUT2D eigenvalue weighted by atomic mass is 9.96. The van der Waals surface area contributed by atoms with Crippen molar-refractivity contribution in [3.8, 4) is 0 Å². The molecule has 9 heavy (non-hydrogen) atoms. The van der Waals surface area contributed by atoms with Gasteiger partial charge in [0.1, 0.15) is 0 Å². The Morgan fingerprint density at radius 3 is 2.44 bits per heavy atom. The van der Waals surface area contributed by atoms with Crippen LogP contribution in [0, 0.1) is 0 Å². The van der Waals surface area contributed by atoms with Crippen molar-refractivity contribution in [2.45, 2.75) is 37.6 Å². The molecule has 1 spiro atoms. The molecule has 1 saturated heterocycles. The zero-order chi connectivity index (χ0) is 6.16. The van der Waals surface area contributed by atoms with Gasteiger partial charge < -0.3 is 4.84 Å². The third-order valence-corrected chi connectivity index (χ3v) is 2.53. The molecule has 0 unspecified atom stereocenters. The van der Waals surface area contributed by atoms with Crippen LogP contribution in [-0.4, -0.2) is 12.1 Å². The summed E-state index contributed by atoms with van der Waals surface area (Å²) in [6.07, 6.45) is 6.65. The molecule has 0 radical (unpaired) electrons.